The Hall–Kier alpha value is -3.75. The minimum Gasteiger partial charge on any atom is -0.462 e. The van der Waals surface area contributed by atoms with Gasteiger partial charge in [0.2, 0.25) is 5.91 Å². The summed E-state index contributed by atoms with van der Waals surface area (Å²) in [6.45, 7) is 7.61. The minimum absolute atomic E-state index is 0.0589. The van der Waals surface area contributed by atoms with Gasteiger partial charge in [-0.1, -0.05) is 60.6 Å². The van der Waals surface area contributed by atoms with Crippen LogP contribution >= 0.6 is 11.6 Å². The lowest BCUT2D eigenvalue weighted by molar-refractivity contribution is -0.126. The van der Waals surface area contributed by atoms with Crippen molar-refractivity contribution in [1.29, 1.82) is 0 Å². The normalized spacial score (nSPS) is 18.2. The number of halogens is 1. The van der Waals surface area contributed by atoms with Crippen LogP contribution in [0.5, 0.6) is 6.01 Å². The van der Waals surface area contributed by atoms with E-state index in [1.165, 1.54) is 6.08 Å². The van der Waals surface area contributed by atoms with E-state index in [4.69, 9.17) is 31.3 Å². The van der Waals surface area contributed by atoms with Gasteiger partial charge in [0, 0.05) is 37.8 Å². The van der Waals surface area contributed by atoms with Crippen LogP contribution in [0.4, 0.5) is 5.82 Å². The smallest absolute Gasteiger partial charge is 0.320 e. The number of hydrogen-bond acceptors (Lipinski definition) is 7. The molecule has 0 unspecified atom stereocenters. The number of pyridine rings is 1. The predicted octanol–water partition coefficient (Wildman–Crippen LogP) is 4.81. The lowest BCUT2D eigenvalue weighted by Gasteiger charge is -2.35. The van der Waals surface area contributed by atoms with Crippen LogP contribution in [-0.4, -0.2) is 83.1 Å². The van der Waals surface area contributed by atoms with E-state index >= 15 is 0 Å². The number of anilines is 1. The van der Waals surface area contributed by atoms with Crippen LogP contribution < -0.4 is 9.64 Å². The number of amides is 1. The molecule has 200 valence electrons. The summed E-state index contributed by atoms with van der Waals surface area (Å²) in [6, 6.07) is 16.9. The lowest BCUT2D eigenvalue weighted by atomic mass is 10.0. The zero-order valence-corrected chi connectivity index (χ0v) is 22.8. The van der Waals surface area contributed by atoms with Crippen LogP contribution in [0.1, 0.15) is 12.8 Å². The zero-order chi connectivity index (χ0) is 26.9. The summed E-state index contributed by atoms with van der Waals surface area (Å²) in [7, 11) is 2.12. The molecule has 1 atom stereocenters. The fraction of sp³-hybridized carbons (Fsp3) is 0.333. The molecule has 2 aromatic heterocycles. The highest BCUT2D eigenvalue weighted by atomic mass is 35.5. The molecule has 0 spiro atoms. The standard InChI is InChI=1S/C30H31ClN6O2/c1-3-26(38)36-14-16-37(17-15-36)29-24-18-25(31)27(23-12-6-9-20-8-4-5-11-22(20)23)32-28(24)33-30(34-29)39-19-21-10-7-13-35(21)2/h3-6,8-9,11-12,18,21H,1,7,10,13-17,19H2,2H3/t21-/m0/s1. The maximum atomic E-state index is 12.1. The number of carbonyl (C=O) groups is 1. The first-order valence-corrected chi connectivity index (χ1v) is 13.8. The summed E-state index contributed by atoms with van der Waals surface area (Å²) in [4.78, 5) is 33.0. The van der Waals surface area contributed by atoms with E-state index < -0.39 is 0 Å². The Labute approximate surface area is 232 Å². The van der Waals surface area contributed by atoms with Gasteiger partial charge in [-0.05, 0) is 49.3 Å². The summed E-state index contributed by atoms with van der Waals surface area (Å²) >= 11 is 6.90. The van der Waals surface area contributed by atoms with Gasteiger partial charge in [-0.15, -0.1) is 0 Å². The number of carbonyl (C=O) groups excluding carboxylic acids is 1. The minimum atomic E-state index is -0.0589. The van der Waals surface area contributed by atoms with Gasteiger partial charge in [0.15, 0.2) is 5.65 Å². The predicted molar refractivity (Wildman–Crippen MR) is 155 cm³/mol. The molecule has 0 saturated carbocycles. The van der Waals surface area contributed by atoms with E-state index in [-0.39, 0.29) is 5.91 Å². The third-order valence-corrected chi connectivity index (χ3v) is 8.07. The lowest BCUT2D eigenvalue weighted by Crippen LogP contribution is -2.48. The van der Waals surface area contributed by atoms with Crippen molar-refractivity contribution in [2.75, 3.05) is 51.3 Å². The van der Waals surface area contributed by atoms with Gasteiger partial charge >= 0.3 is 6.01 Å². The second-order valence-electron chi connectivity index (χ2n) is 10.2. The largest absolute Gasteiger partial charge is 0.462 e. The maximum absolute atomic E-state index is 12.1. The average Bonchev–Trinajstić information content (AvgIpc) is 3.39. The first-order chi connectivity index (χ1) is 19.0. The van der Waals surface area contributed by atoms with E-state index in [0.29, 0.717) is 61.2 Å². The molecule has 2 fully saturated rings. The molecule has 8 nitrogen and oxygen atoms in total. The van der Waals surface area contributed by atoms with Crippen LogP contribution in [0.2, 0.25) is 5.02 Å². The Morgan fingerprint density at radius 3 is 2.62 bits per heavy atom. The fourth-order valence-corrected chi connectivity index (χ4v) is 5.80. The summed E-state index contributed by atoms with van der Waals surface area (Å²) in [5.41, 5.74) is 2.16. The van der Waals surface area contributed by atoms with Crippen LogP contribution in [0.25, 0.3) is 33.1 Å². The Balaban J connectivity index is 1.41. The van der Waals surface area contributed by atoms with Crippen molar-refractivity contribution in [3.63, 3.8) is 0 Å². The van der Waals surface area contributed by atoms with Crippen LogP contribution in [0.15, 0.2) is 61.2 Å². The number of likely N-dealkylation sites (N-methyl/N-ethyl adjacent to an activating group) is 1. The molecule has 2 aliphatic heterocycles. The molecule has 6 rings (SSSR count). The number of fused-ring (bicyclic) bond motifs is 2. The number of nitrogens with zero attached hydrogens (tertiary/aromatic N) is 6. The van der Waals surface area contributed by atoms with Crippen molar-refractivity contribution >= 4 is 45.1 Å². The number of rotatable bonds is 6. The van der Waals surface area contributed by atoms with E-state index in [2.05, 4.69) is 41.6 Å². The Morgan fingerprint density at radius 2 is 1.85 bits per heavy atom. The van der Waals surface area contributed by atoms with Gasteiger partial charge < -0.3 is 19.4 Å². The molecule has 39 heavy (non-hydrogen) atoms. The van der Waals surface area contributed by atoms with Crippen molar-refractivity contribution < 1.29 is 9.53 Å². The molecule has 2 aliphatic rings. The highest BCUT2D eigenvalue weighted by Crippen LogP contribution is 2.36. The molecule has 0 aliphatic carbocycles. The van der Waals surface area contributed by atoms with E-state index in [9.17, 15) is 4.79 Å². The highest BCUT2D eigenvalue weighted by molar-refractivity contribution is 6.34. The Kier molecular flexibility index (Phi) is 7.06. The number of piperazine rings is 1. The van der Waals surface area contributed by atoms with Crippen LogP contribution in [0, 0.1) is 0 Å². The number of aromatic nitrogens is 3. The van der Waals surface area contributed by atoms with Crippen LogP contribution in [-0.2, 0) is 4.79 Å². The van der Waals surface area contributed by atoms with Crippen molar-refractivity contribution in [3.05, 3.63) is 66.2 Å². The van der Waals surface area contributed by atoms with Crippen molar-refractivity contribution in [2.24, 2.45) is 0 Å². The highest BCUT2D eigenvalue weighted by Gasteiger charge is 2.26. The molecule has 0 N–H and O–H groups in total. The van der Waals surface area contributed by atoms with Gasteiger partial charge in [-0.25, -0.2) is 4.98 Å². The Morgan fingerprint density at radius 1 is 1.05 bits per heavy atom. The summed E-state index contributed by atoms with van der Waals surface area (Å²) < 4.78 is 6.18. The molecular formula is C30H31ClN6O2. The number of hydrogen-bond donors (Lipinski definition) is 0. The molecule has 9 heteroatoms. The maximum Gasteiger partial charge on any atom is 0.320 e. The topological polar surface area (TPSA) is 74.7 Å². The monoisotopic (exact) mass is 542 g/mol. The summed E-state index contributed by atoms with van der Waals surface area (Å²) in [5, 5.41) is 3.49. The second kappa shape index (κ2) is 10.8. The van der Waals surface area contributed by atoms with Crippen molar-refractivity contribution in [3.8, 4) is 17.3 Å². The zero-order valence-electron chi connectivity index (χ0n) is 22.0. The molecule has 4 aromatic rings. The summed E-state index contributed by atoms with van der Waals surface area (Å²) in [5.74, 6) is 0.663. The molecule has 4 heterocycles. The molecule has 0 bridgehead atoms. The van der Waals surface area contributed by atoms with Gasteiger partial charge in [0.05, 0.1) is 16.1 Å². The molecule has 0 radical (unpaired) electrons. The van der Waals surface area contributed by atoms with Crippen molar-refractivity contribution in [2.45, 2.75) is 18.9 Å². The Bertz CT molecular complexity index is 1550. The van der Waals surface area contributed by atoms with Gasteiger partial charge in [-0.3, -0.25) is 4.79 Å². The molecule has 1 amide bonds. The summed E-state index contributed by atoms with van der Waals surface area (Å²) in [6.07, 6.45) is 3.62. The average molecular weight is 543 g/mol. The third kappa shape index (κ3) is 5.02. The first kappa shape index (κ1) is 25.5. The quantitative estimate of drug-likeness (QED) is 0.324. The number of likely N-dealkylation sites (tertiary alicyclic amines) is 1. The molecule has 2 aromatic carbocycles. The van der Waals surface area contributed by atoms with Crippen LogP contribution in [0.3, 0.4) is 0 Å². The fourth-order valence-electron chi connectivity index (χ4n) is 5.55. The number of ether oxygens (including phenoxy) is 1. The van der Waals surface area contributed by atoms with Gasteiger partial charge in [-0.2, -0.15) is 9.97 Å². The van der Waals surface area contributed by atoms with Gasteiger partial charge in [0.1, 0.15) is 12.4 Å². The van der Waals surface area contributed by atoms with Crippen molar-refractivity contribution in [1.82, 2.24) is 24.8 Å². The van der Waals surface area contributed by atoms with E-state index in [0.717, 1.165) is 46.9 Å². The first-order valence-electron chi connectivity index (χ1n) is 13.4. The molecular weight excluding hydrogens is 512 g/mol. The third-order valence-electron chi connectivity index (χ3n) is 7.79. The number of benzene rings is 2. The van der Waals surface area contributed by atoms with E-state index in [1.807, 2.05) is 30.3 Å². The van der Waals surface area contributed by atoms with Gasteiger partial charge in [0.25, 0.3) is 0 Å². The SMILES string of the molecule is C=CC(=O)N1CCN(c2nc(OC[C@@H]3CCCN3C)nc3nc(-c4cccc5ccccc45)c(Cl)cc23)CC1. The molecule has 2 saturated heterocycles. The van der Waals surface area contributed by atoms with E-state index in [1.54, 1.807) is 4.90 Å². The second-order valence-corrected chi connectivity index (χ2v) is 10.6.